The minimum absolute atomic E-state index is 0.0668. The van der Waals surface area contributed by atoms with Crippen LogP contribution in [0.15, 0.2) is 12.1 Å². The van der Waals surface area contributed by atoms with Gasteiger partial charge in [-0.1, -0.05) is 12.1 Å². The summed E-state index contributed by atoms with van der Waals surface area (Å²) in [6.07, 6.45) is 0.861. The van der Waals surface area contributed by atoms with Crippen LogP contribution in [0.4, 0.5) is 4.39 Å². The Bertz CT molecular complexity index is 470. The second-order valence-electron chi connectivity index (χ2n) is 5.71. The van der Waals surface area contributed by atoms with Gasteiger partial charge in [0, 0.05) is 13.1 Å². The first kappa shape index (κ1) is 14.0. The molecule has 0 spiro atoms. The molecule has 1 aromatic rings. The van der Waals surface area contributed by atoms with Gasteiger partial charge in [-0.05, 0) is 50.4 Å². The van der Waals surface area contributed by atoms with Crippen LogP contribution in [0.1, 0.15) is 30.0 Å². The van der Waals surface area contributed by atoms with E-state index in [2.05, 4.69) is 10.6 Å². The highest BCUT2D eigenvalue weighted by atomic mass is 19.1. The van der Waals surface area contributed by atoms with E-state index < -0.39 is 0 Å². The van der Waals surface area contributed by atoms with E-state index in [9.17, 15) is 9.18 Å². The number of carbonyl (C=O) groups excluding carboxylic acids is 1. The normalized spacial score (nSPS) is 22.5. The second-order valence-corrected chi connectivity index (χ2v) is 5.71. The van der Waals surface area contributed by atoms with Crippen LogP contribution in [-0.4, -0.2) is 19.0 Å². The van der Waals surface area contributed by atoms with E-state index in [0.29, 0.717) is 17.7 Å². The lowest BCUT2D eigenvalue weighted by Crippen LogP contribution is -2.40. The maximum absolute atomic E-state index is 13.5. The Kier molecular flexibility index (Phi) is 3.90. The minimum Gasteiger partial charge on any atom is -0.352 e. The molecule has 2 N–H and O–H groups in total. The number of rotatable bonds is 3. The predicted molar refractivity (Wildman–Crippen MR) is 73.3 cm³/mol. The standard InChI is InChI=1S/C15H21FN2O/c1-10-6-12(7-11(2)13(10)16)8-18-14(19)15(3)4-5-17-9-15/h6-7,17H,4-5,8-9H2,1-3H3,(H,18,19). The van der Waals surface area contributed by atoms with Gasteiger partial charge in [0.05, 0.1) is 5.41 Å². The molecular weight excluding hydrogens is 243 g/mol. The molecule has 4 heteroatoms. The summed E-state index contributed by atoms with van der Waals surface area (Å²) in [5, 5.41) is 6.16. The molecule has 1 aliphatic heterocycles. The van der Waals surface area contributed by atoms with Crippen LogP contribution in [0, 0.1) is 25.1 Å². The number of carbonyl (C=O) groups is 1. The fourth-order valence-corrected chi connectivity index (χ4v) is 2.54. The van der Waals surface area contributed by atoms with Crippen LogP contribution in [-0.2, 0) is 11.3 Å². The Morgan fingerprint density at radius 1 is 1.42 bits per heavy atom. The largest absolute Gasteiger partial charge is 0.352 e. The van der Waals surface area contributed by atoms with Crippen molar-refractivity contribution in [2.45, 2.75) is 33.7 Å². The van der Waals surface area contributed by atoms with Crippen molar-refractivity contribution < 1.29 is 9.18 Å². The molecule has 1 aliphatic rings. The number of benzene rings is 1. The van der Waals surface area contributed by atoms with Gasteiger partial charge in [0.1, 0.15) is 5.82 Å². The number of amides is 1. The molecule has 1 amide bonds. The molecule has 3 nitrogen and oxygen atoms in total. The average molecular weight is 264 g/mol. The molecule has 1 fully saturated rings. The van der Waals surface area contributed by atoms with Crippen LogP contribution in [0.25, 0.3) is 0 Å². The van der Waals surface area contributed by atoms with Crippen molar-refractivity contribution in [2.24, 2.45) is 5.41 Å². The fraction of sp³-hybridized carbons (Fsp3) is 0.533. The molecule has 2 rings (SSSR count). The van der Waals surface area contributed by atoms with Gasteiger partial charge in [-0.15, -0.1) is 0 Å². The monoisotopic (exact) mass is 264 g/mol. The van der Waals surface area contributed by atoms with Crippen molar-refractivity contribution in [3.63, 3.8) is 0 Å². The lowest BCUT2D eigenvalue weighted by atomic mass is 9.89. The molecule has 0 radical (unpaired) electrons. The lowest BCUT2D eigenvalue weighted by Gasteiger charge is -2.21. The minimum atomic E-state index is -0.315. The highest BCUT2D eigenvalue weighted by molar-refractivity contribution is 5.82. The van der Waals surface area contributed by atoms with Crippen LogP contribution < -0.4 is 10.6 Å². The molecule has 0 aromatic heterocycles. The molecule has 0 saturated carbocycles. The molecule has 0 bridgehead atoms. The van der Waals surface area contributed by atoms with Gasteiger partial charge >= 0.3 is 0 Å². The summed E-state index contributed by atoms with van der Waals surface area (Å²) >= 11 is 0. The predicted octanol–water partition coefficient (Wildman–Crippen LogP) is 2.06. The van der Waals surface area contributed by atoms with Gasteiger partial charge in [-0.25, -0.2) is 4.39 Å². The highest BCUT2D eigenvalue weighted by Crippen LogP contribution is 2.24. The molecule has 1 unspecified atom stereocenters. The summed E-state index contributed by atoms with van der Waals surface area (Å²) < 4.78 is 13.5. The Hall–Kier alpha value is -1.42. The third-order valence-corrected chi connectivity index (χ3v) is 3.87. The third kappa shape index (κ3) is 2.95. The van der Waals surface area contributed by atoms with E-state index in [1.54, 1.807) is 26.0 Å². The Balaban J connectivity index is 2.01. The number of halogens is 1. The molecule has 19 heavy (non-hydrogen) atoms. The SMILES string of the molecule is Cc1cc(CNC(=O)C2(C)CCNC2)cc(C)c1F. The first-order chi connectivity index (χ1) is 8.92. The molecule has 1 aromatic carbocycles. The highest BCUT2D eigenvalue weighted by Gasteiger charge is 2.35. The van der Waals surface area contributed by atoms with Gasteiger partial charge in [-0.3, -0.25) is 4.79 Å². The number of aryl methyl sites for hydroxylation is 2. The summed E-state index contributed by atoms with van der Waals surface area (Å²) in [6.45, 7) is 7.53. The zero-order valence-corrected chi connectivity index (χ0v) is 11.8. The number of nitrogens with one attached hydrogen (secondary N) is 2. The van der Waals surface area contributed by atoms with Crippen LogP contribution in [0.2, 0.25) is 0 Å². The maximum atomic E-state index is 13.5. The average Bonchev–Trinajstić information content (AvgIpc) is 2.81. The smallest absolute Gasteiger partial charge is 0.227 e. The summed E-state index contributed by atoms with van der Waals surface area (Å²) in [5.74, 6) is -0.0980. The maximum Gasteiger partial charge on any atom is 0.227 e. The van der Waals surface area contributed by atoms with E-state index >= 15 is 0 Å². The molecule has 1 saturated heterocycles. The Morgan fingerprint density at radius 3 is 2.58 bits per heavy atom. The molecule has 104 valence electrons. The zero-order valence-electron chi connectivity index (χ0n) is 11.8. The second kappa shape index (κ2) is 5.29. The molecule has 1 heterocycles. The van der Waals surface area contributed by atoms with Crippen LogP contribution in [0.3, 0.4) is 0 Å². The Morgan fingerprint density at radius 2 is 2.05 bits per heavy atom. The van der Waals surface area contributed by atoms with E-state index in [1.807, 2.05) is 6.92 Å². The van der Waals surface area contributed by atoms with Gasteiger partial charge in [0.15, 0.2) is 0 Å². The van der Waals surface area contributed by atoms with Crippen molar-refractivity contribution in [1.29, 1.82) is 0 Å². The first-order valence-corrected chi connectivity index (χ1v) is 6.67. The van der Waals surface area contributed by atoms with Crippen LogP contribution >= 0.6 is 0 Å². The number of hydrogen-bond donors (Lipinski definition) is 2. The van der Waals surface area contributed by atoms with Crippen molar-refractivity contribution in [1.82, 2.24) is 10.6 Å². The molecule has 1 atom stereocenters. The topological polar surface area (TPSA) is 41.1 Å². The van der Waals surface area contributed by atoms with Crippen molar-refractivity contribution >= 4 is 5.91 Å². The third-order valence-electron chi connectivity index (χ3n) is 3.87. The van der Waals surface area contributed by atoms with E-state index in [1.165, 1.54) is 0 Å². The quantitative estimate of drug-likeness (QED) is 0.877. The summed E-state index contributed by atoms with van der Waals surface area (Å²) in [5.41, 5.74) is 1.87. The summed E-state index contributed by atoms with van der Waals surface area (Å²) in [7, 11) is 0. The van der Waals surface area contributed by atoms with Gasteiger partial charge < -0.3 is 10.6 Å². The van der Waals surface area contributed by atoms with Gasteiger partial charge in [-0.2, -0.15) is 0 Å². The summed E-state index contributed by atoms with van der Waals surface area (Å²) in [6, 6.07) is 3.58. The van der Waals surface area contributed by atoms with Crippen LogP contribution in [0.5, 0.6) is 0 Å². The Labute approximate surface area is 113 Å². The summed E-state index contributed by atoms with van der Waals surface area (Å²) in [4.78, 5) is 12.2. The van der Waals surface area contributed by atoms with Crippen molar-refractivity contribution in [3.8, 4) is 0 Å². The van der Waals surface area contributed by atoms with Gasteiger partial charge in [0.25, 0.3) is 0 Å². The van der Waals surface area contributed by atoms with Crippen molar-refractivity contribution in [3.05, 3.63) is 34.6 Å². The van der Waals surface area contributed by atoms with Crippen molar-refractivity contribution in [2.75, 3.05) is 13.1 Å². The van der Waals surface area contributed by atoms with E-state index in [0.717, 1.165) is 25.1 Å². The zero-order chi connectivity index (χ0) is 14.0. The molecule has 0 aliphatic carbocycles. The van der Waals surface area contributed by atoms with Gasteiger partial charge in [0.2, 0.25) is 5.91 Å². The molecular formula is C15H21FN2O. The first-order valence-electron chi connectivity index (χ1n) is 6.67. The van der Waals surface area contributed by atoms with E-state index in [4.69, 9.17) is 0 Å². The lowest BCUT2D eigenvalue weighted by molar-refractivity contribution is -0.129. The number of hydrogen-bond acceptors (Lipinski definition) is 2. The van der Waals surface area contributed by atoms with E-state index in [-0.39, 0.29) is 17.1 Å². The fourth-order valence-electron chi connectivity index (χ4n) is 2.54.